The second-order valence-corrected chi connectivity index (χ2v) is 8.71. The fraction of sp³-hybridized carbons (Fsp3) is 0.714. The van der Waals surface area contributed by atoms with Crippen LogP contribution in [0.4, 0.5) is 0 Å². The molecule has 0 aromatic rings. The number of aliphatic hydroxyl groups excluding tert-OH is 1. The van der Waals surface area contributed by atoms with Gasteiger partial charge in [-0.25, -0.2) is 0 Å². The van der Waals surface area contributed by atoms with Gasteiger partial charge in [0.05, 0.1) is 18.6 Å². The molecule has 0 spiro atoms. The summed E-state index contributed by atoms with van der Waals surface area (Å²) in [4.78, 5) is 72.6. The quantitative estimate of drug-likeness (QED) is 0.113. The van der Waals surface area contributed by atoms with Crippen LogP contribution in [0.2, 0.25) is 0 Å². The highest BCUT2D eigenvalue weighted by molar-refractivity contribution is 5.97. The molecule has 0 bridgehead atoms. The van der Waals surface area contributed by atoms with E-state index < -0.39 is 84.7 Å². The minimum absolute atomic E-state index is 0.254. The van der Waals surface area contributed by atoms with Crippen LogP contribution < -0.4 is 32.7 Å². The van der Waals surface area contributed by atoms with Gasteiger partial charge in [0, 0.05) is 0 Å². The van der Waals surface area contributed by atoms with Crippen molar-refractivity contribution in [3.8, 4) is 0 Å². The smallest absolute Gasteiger partial charge is 0.322 e. The third-order valence-corrected chi connectivity index (χ3v) is 5.33. The summed E-state index contributed by atoms with van der Waals surface area (Å²) in [6, 6.07) is -5.10. The van der Waals surface area contributed by atoms with Crippen molar-refractivity contribution in [3.63, 3.8) is 0 Å². The highest BCUT2D eigenvalue weighted by Gasteiger charge is 2.34. The van der Waals surface area contributed by atoms with Crippen molar-refractivity contribution < 1.29 is 39.0 Å². The van der Waals surface area contributed by atoms with E-state index >= 15 is 0 Å². The predicted octanol–water partition coefficient (Wildman–Crippen LogP) is -3.07. The topological polar surface area (TPSA) is 243 Å². The minimum Gasteiger partial charge on any atom is -0.480 e. The molecule has 35 heavy (non-hydrogen) atoms. The van der Waals surface area contributed by atoms with Gasteiger partial charge in [0.15, 0.2) is 0 Å². The van der Waals surface area contributed by atoms with Crippen LogP contribution in [0.15, 0.2) is 0 Å². The van der Waals surface area contributed by atoms with E-state index in [2.05, 4.69) is 21.3 Å². The second kappa shape index (κ2) is 14.9. The molecule has 0 fully saturated rings. The molecule has 0 unspecified atom stereocenters. The highest BCUT2D eigenvalue weighted by Crippen LogP contribution is 2.10. The molecule has 0 aliphatic rings. The largest absolute Gasteiger partial charge is 0.480 e. The summed E-state index contributed by atoms with van der Waals surface area (Å²) in [5, 5.41) is 27.8. The molecular weight excluding hydrogens is 464 g/mol. The van der Waals surface area contributed by atoms with Crippen molar-refractivity contribution in [2.75, 3.05) is 6.54 Å². The molecule has 0 heterocycles. The molecule has 0 saturated carbocycles. The van der Waals surface area contributed by atoms with Gasteiger partial charge in [-0.1, -0.05) is 34.1 Å². The van der Waals surface area contributed by atoms with Crippen LogP contribution in [0.25, 0.3) is 0 Å². The number of primary amides is 1. The Morgan fingerprint density at radius 1 is 0.829 bits per heavy atom. The van der Waals surface area contributed by atoms with Gasteiger partial charge >= 0.3 is 5.97 Å². The number of carbonyl (C=O) groups excluding carboxylic acids is 5. The Kier molecular flexibility index (Phi) is 13.5. The first-order chi connectivity index (χ1) is 16.1. The molecule has 6 atom stereocenters. The van der Waals surface area contributed by atoms with Gasteiger partial charge in [0.1, 0.15) is 24.7 Å². The highest BCUT2D eigenvalue weighted by atomic mass is 16.4. The Balaban J connectivity index is 5.69. The van der Waals surface area contributed by atoms with Crippen LogP contribution >= 0.6 is 0 Å². The van der Waals surface area contributed by atoms with E-state index in [0.29, 0.717) is 6.42 Å². The molecule has 0 aromatic heterocycles. The van der Waals surface area contributed by atoms with Gasteiger partial charge in [-0.05, 0) is 18.8 Å². The summed E-state index contributed by atoms with van der Waals surface area (Å²) in [7, 11) is 0. The first kappa shape index (κ1) is 31.7. The maximum Gasteiger partial charge on any atom is 0.322 e. The zero-order valence-electron chi connectivity index (χ0n) is 20.7. The second-order valence-electron chi connectivity index (χ2n) is 8.71. The number of rotatable bonds is 15. The monoisotopic (exact) mass is 502 g/mol. The average Bonchev–Trinajstić information content (AvgIpc) is 2.76. The average molecular weight is 503 g/mol. The van der Waals surface area contributed by atoms with Gasteiger partial charge in [-0.2, -0.15) is 0 Å². The minimum atomic E-state index is -1.50. The summed E-state index contributed by atoms with van der Waals surface area (Å²) >= 11 is 0. The molecule has 200 valence electrons. The number of aliphatic carboxylic acids is 1. The lowest BCUT2D eigenvalue weighted by molar-refractivity contribution is -0.139. The van der Waals surface area contributed by atoms with Crippen molar-refractivity contribution in [3.05, 3.63) is 0 Å². The Hall–Kier alpha value is -3.26. The van der Waals surface area contributed by atoms with Gasteiger partial charge in [0.2, 0.25) is 29.5 Å². The molecule has 14 nitrogen and oxygen atoms in total. The van der Waals surface area contributed by atoms with Crippen LogP contribution in [0.5, 0.6) is 0 Å². The number of hydrogen-bond acceptors (Lipinski definition) is 8. The van der Waals surface area contributed by atoms with E-state index in [0.717, 1.165) is 0 Å². The molecular formula is C21H38N6O8. The number of nitrogens with two attached hydrogens (primary N) is 2. The summed E-state index contributed by atoms with van der Waals surface area (Å²) < 4.78 is 0. The van der Waals surface area contributed by atoms with Crippen LogP contribution in [-0.4, -0.2) is 82.5 Å². The number of carbonyl (C=O) groups is 6. The first-order valence-corrected chi connectivity index (χ1v) is 11.2. The summed E-state index contributed by atoms with van der Waals surface area (Å²) in [5.74, 6) is -6.27. The maximum absolute atomic E-state index is 13.0. The number of carboxylic acid groups (broad SMARTS) is 1. The molecule has 0 radical (unpaired) electrons. The number of aliphatic hydroxyl groups is 1. The first-order valence-electron chi connectivity index (χ1n) is 11.2. The molecule has 14 heteroatoms. The van der Waals surface area contributed by atoms with Crippen molar-refractivity contribution in [2.24, 2.45) is 23.3 Å². The van der Waals surface area contributed by atoms with Gasteiger partial charge < -0.3 is 42.9 Å². The van der Waals surface area contributed by atoms with E-state index in [4.69, 9.17) is 16.6 Å². The van der Waals surface area contributed by atoms with Gasteiger partial charge in [0.25, 0.3) is 0 Å². The van der Waals surface area contributed by atoms with Gasteiger partial charge in [-0.3, -0.25) is 28.8 Å². The Bertz CT molecular complexity index is 788. The maximum atomic E-state index is 13.0. The summed E-state index contributed by atoms with van der Waals surface area (Å²) in [5.41, 5.74) is 11.0. The van der Waals surface area contributed by atoms with Crippen LogP contribution in [0.1, 0.15) is 47.5 Å². The van der Waals surface area contributed by atoms with Crippen LogP contribution in [-0.2, 0) is 28.8 Å². The normalized spacial score (nSPS) is 16.1. The zero-order chi connectivity index (χ0) is 27.5. The van der Waals surface area contributed by atoms with Crippen molar-refractivity contribution in [1.29, 1.82) is 0 Å². The summed E-state index contributed by atoms with van der Waals surface area (Å²) in [6.45, 7) is 7.27. The number of hydrogen-bond donors (Lipinski definition) is 8. The van der Waals surface area contributed by atoms with E-state index in [1.807, 2.05) is 0 Å². The number of carboxylic acids is 1. The molecule has 10 N–H and O–H groups in total. The van der Waals surface area contributed by atoms with Crippen molar-refractivity contribution in [2.45, 2.75) is 77.7 Å². The molecule has 0 aliphatic heterocycles. The van der Waals surface area contributed by atoms with Gasteiger partial charge in [-0.15, -0.1) is 0 Å². The third kappa shape index (κ3) is 11.1. The summed E-state index contributed by atoms with van der Waals surface area (Å²) in [6.07, 6.45) is -1.53. The molecule has 0 aliphatic carbocycles. The predicted molar refractivity (Wildman–Crippen MR) is 124 cm³/mol. The lowest BCUT2D eigenvalue weighted by Gasteiger charge is -2.29. The van der Waals surface area contributed by atoms with E-state index in [-0.39, 0.29) is 5.92 Å². The van der Waals surface area contributed by atoms with Crippen molar-refractivity contribution >= 4 is 35.5 Å². The van der Waals surface area contributed by atoms with Crippen LogP contribution in [0.3, 0.4) is 0 Å². The van der Waals surface area contributed by atoms with E-state index in [1.54, 1.807) is 27.7 Å². The lowest BCUT2D eigenvalue weighted by atomic mass is 9.96. The van der Waals surface area contributed by atoms with Crippen LogP contribution in [0, 0.1) is 11.8 Å². The van der Waals surface area contributed by atoms with E-state index in [1.165, 1.54) is 6.92 Å². The number of amides is 5. The standard InChI is InChI=1S/C21H38N6O8/c1-6-10(4)16(21(35)27-17(11(5)28)20(34)24-8-14(30)31)26-18(32)12(7-13(22)29)25-19(33)15(23)9(2)3/h9-12,15-17,28H,6-8,23H2,1-5H3,(H2,22,29)(H,24,34)(H,25,33)(H,26,32)(H,27,35)(H,30,31)/t10-,11+,12-,15-,16-,17-/m0/s1. The number of nitrogens with one attached hydrogen (secondary N) is 4. The van der Waals surface area contributed by atoms with E-state index in [9.17, 15) is 33.9 Å². The Morgan fingerprint density at radius 3 is 1.80 bits per heavy atom. The van der Waals surface area contributed by atoms with Crippen molar-refractivity contribution in [1.82, 2.24) is 21.3 Å². The SMILES string of the molecule is CC[C@H](C)[C@H](NC(=O)[C@H](CC(N)=O)NC(=O)[C@@H](N)C(C)C)C(=O)N[C@H](C(=O)NCC(=O)O)[C@@H](C)O. The fourth-order valence-corrected chi connectivity index (χ4v) is 2.86. The molecule has 0 rings (SSSR count). The Labute approximate surface area is 203 Å². The lowest BCUT2D eigenvalue weighted by Crippen LogP contribution is -2.61. The Morgan fingerprint density at radius 2 is 1.37 bits per heavy atom. The molecule has 0 aromatic carbocycles. The zero-order valence-corrected chi connectivity index (χ0v) is 20.7. The molecule has 5 amide bonds. The third-order valence-electron chi connectivity index (χ3n) is 5.33. The fourth-order valence-electron chi connectivity index (χ4n) is 2.86. The molecule has 0 saturated heterocycles.